The van der Waals surface area contributed by atoms with E-state index in [1.807, 2.05) is 84.9 Å². The van der Waals surface area contributed by atoms with Crippen LogP contribution >= 0.6 is 0 Å². The summed E-state index contributed by atoms with van der Waals surface area (Å²) in [6.45, 7) is 0. The van der Waals surface area contributed by atoms with Crippen LogP contribution in [0.4, 0.5) is 0 Å². The molecule has 6 heteroatoms. The van der Waals surface area contributed by atoms with Crippen LogP contribution in [0.2, 0.25) is 0 Å². The average Bonchev–Trinajstić information content (AvgIpc) is 3.90. The third-order valence-electron chi connectivity index (χ3n) is 10.1. The van der Waals surface area contributed by atoms with E-state index in [4.69, 9.17) is 23.8 Å². The van der Waals surface area contributed by atoms with Crippen molar-refractivity contribution in [1.82, 2.24) is 19.4 Å². The topological polar surface area (TPSA) is 69.4 Å². The molecular weight excluding hydrogens is 653 g/mol. The molecule has 0 atom stereocenters. The van der Waals surface area contributed by atoms with E-state index in [1.165, 1.54) is 0 Å². The van der Waals surface area contributed by atoms with Crippen LogP contribution in [0.15, 0.2) is 179 Å². The molecule has 0 amide bonds. The van der Waals surface area contributed by atoms with E-state index < -0.39 is 0 Å². The summed E-state index contributed by atoms with van der Waals surface area (Å²) in [6, 6.07) is 58.0. The fourth-order valence-electron chi connectivity index (χ4n) is 7.58. The molecule has 0 bridgehead atoms. The molecule has 0 fully saturated rings. The first-order valence-electron chi connectivity index (χ1n) is 17.6. The number of hydrogen-bond acceptors (Lipinski definition) is 5. The Morgan fingerprint density at radius 1 is 0.377 bits per heavy atom. The second-order valence-electron chi connectivity index (χ2n) is 13.2. The van der Waals surface area contributed by atoms with Gasteiger partial charge in [0.2, 0.25) is 5.71 Å². The Bertz CT molecular complexity index is 3100. The third-order valence-corrected chi connectivity index (χ3v) is 10.1. The fourth-order valence-corrected chi connectivity index (χ4v) is 7.58. The van der Waals surface area contributed by atoms with Gasteiger partial charge in [0.1, 0.15) is 11.2 Å². The Balaban J connectivity index is 1.09. The monoisotopic (exact) mass is 680 g/mol. The predicted molar refractivity (Wildman–Crippen MR) is 213 cm³/mol. The number of para-hydroxylation sites is 4. The number of aromatic nitrogens is 4. The first-order valence-corrected chi connectivity index (χ1v) is 17.6. The van der Waals surface area contributed by atoms with Gasteiger partial charge in [-0.25, -0.2) is 15.0 Å². The Labute approximate surface area is 303 Å². The molecule has 0 aliphatic carbocycles. The highest BCUT2D eigenvalue weighted by Gasteiger charge is 2.22. The van der Waals surface area contributed by atoms with Crippen molar-refractivity contribution < 1.29 is 8.83 Å². The van der Waals surface area contributed by atoms with Gasteiger partial charge in [-0.05, 0) is 41.5 Å². The second-order valence-corrected chi connectivity index (χ2v) is 13.2. The first-order chi connectivity index (χ1) is 26.3. The van der Waals surface area contributed by atoms with Crippen LogP contribution in [0.5, 0.6) is 0 Å². The quantitative estimate of drug-likeness (QED) is 0.181. The van der Waals surface area contributed by atoms with Crippen LogP contribution in [-0.2, 0) is 0 Å². The van der Waals surface area contributed by atoms with Gasteiger partial charge in [0.05, 0.1) is 16.6 Å². The number of benzene rings is 7. The maximum Gasteiger partial charge on any atom is 0.213 e. The Kier molecular flexibility index (Phi) is 6.45. The lowest BCUT2D eigenvalue weighted by Crippen LogP contribution is -2.00. The molecule has 0 saturated heterocycles. The number of oxazole rings is 1. The molecule has 0 saturated carbocycles. The van der Waals surface area contributed by atoms with Crippen molar-refractivity contribution in [3.8, 4) is 56.4 Å². The highest BCUT2D eigenvalue weighted by Crippen LogP contribution is 2.43. The van der Waals surface area contributed by atoms with Crippen LogP contribution in [0.1, 0.15) is 0 Å². The van der Waals surface area contributed by atoms with Crippen molar-refractivity contribution in [3.05, 3.63) is 170 Å². The molecule has 11 aromatic rings. The van der Waals surface area contributed by atoms with E-state index in [-0.39, 0.29) is 0 Å². The zero-order valence-electron chi connectivity index (χ0n) is 28.3. The minimum Gasteiger partial charge on any atom is -0.455 e. The van der Waals surface area contributed by atoms with E-state index in [9.17, 15) is 0 Å². The van der Waals surface area contributed by atoms with Crippen LogP contribution in [0, 0.1) is 0 Å². The maximum absolute atomic E-state index is 6.63. The molecule has 11 rings (SSSR count). The number of nitrogens with zero attached hydrogens (tertiary/aromatic N) is 4. The largest absolute Gasteiger partial charge is 0.455 e. The van der Waals surface area contributed by atoms with Gasteiger partial charge in [0, 0.05) is 38.4 Å². The van der Waals surface area contributed by atoms with E-state index in [1.54, 1.807) is 0 Å². The summed E-state index contributed by atoms with van der Waals surface area (Å²) in [4.78, 5) is 14.8. The van der Waals surface area contributed by atoms with Gasteiger partial charge in [-0.15, -0.1) is 0 Å². The molecule has 0 spiro atoms. The third kappa shape index (κ3) is 4.70. The van der Waals surface area contributed by atoms with Crippen molar-refractivity contribution in [2.75, 3.05) is 0 Å². The van der Waals surface area contributed by atoms with E-state index in [2.05, 4.69) is 89.3 Å². The van der Waals surface area contributed by atoms with Gasteiger partial charge in [-0.1, -0.05) is 140 Å². The van der Waals surface area contributed by atoms with E-state index in [0.717, 1.165) is 88.6 Å². The zero-order chi connectivity index (χ0) is 34.9. The molecule has 53 heavy (non-hydrogen) atoms. The fraction of sp³-hybridized carbons (Fsp3) is 0. The number of furan rings is 1. The van der Waals surface area contributed by atoms with Crippen molar-refractivity contribution in [1.29, 1.82) is 0 Å². The summed E-state index contributed by atoms with van der Waals surface area (Å²) in [5.74, 6) is 1.88. The lowest BCUT2D eigenvalue weighted by atomic mass is 9.97. The summed E-state index contributed by atoms with van der Waals surface area (Å²) in [5, 5.41) is 3.31. The van der Waals surface area contributed by atoms with Gasteiger partial charge < -0.3 is 8.83 Å². The molecule has 0 radical (unpaired) electrons. The van der Waals surface area contributed by atoms with Crippen LogP contribution in [0.3, 0.4) is 0 Å². The minimum absolute atomic E-state index is 0.612. The van der Waals surface area contributed by atoms with Crippen LogP contribution in [-0.4, -0.2) is 19.4 Å². The normalized spacial score (nSPS) is 11.8. The summed E-state index contributed by atoms with van der Waals surface area (Å²) < 4.78 is 15.3. The van der Waals surface area contributed by atoms with E-state index in [0.29, 0.717) is 17.5 Å². The van der Waals surface area contributed by atoms with Crippen molar-refractivity contribution in [3.63, 3.8) is 0 Å². The summed E-state index contributed by atoms with van der Waals surface area (Å²) in [6.07, 6.45) is 0. The molecule has 4 aromatic heterocycles. The standard InChI is InChI=1S/C47H28N4O2/c1-3-12-30(13-4-1)44-48-45(31-14-5-2-6-15-31)50-46(49-44)32-24-22-29(23-25-32)42-37-28-33(26-27-38(37)51-39-19-8-10-21-41(39)53-47(42)51)34-17-11-18-36-35-16-7-9-20-40(35)52-43(34)36/h1-28H. The molecule has 0 aliphatic rings. The molecule has 0 N–H and O–H groups in total. The molecule has 4 heterocycles. The van der Waals surface area contributed by atoms with Gasteiger partial charge in [0.25, 0.3) is 0 Å². The predicted octanol–water partition coefficient (Wildman–Crippen LogP) is 12.3. The molecular formula is C47H28N4O2. The Hall–Kier alpha value is -7.31. The van der Waals surface area contributed by atoms with E-state index >= 15 is 0 Å². The second kappa shape index (κ2) is 11.6. The smallest absolute Gasteiger partial charge is 0.213 e. The number of fused-ring (bicyclic) bond motifs is 8. The van der Waals surface area contributed by atoms with Gasteiger partial charge in [0.15, 0.2) is 23.1 Å². The molecule has 0 aliphatic heterocycles. The summed E-state index contributed by atoms with van der Waals surface area (Å²) in [5.41, 5.74) is 12.4. The molecule has 7 aromatic carbocycles. The van der Waals surface area contributed by atoms with Crippen molar-refractivity contribution >= 4 is 49.7 Å². The Morgan fingerprint density at radius 3 is 1.66 bits per heavy atom. The number of rotatable bonds is 5. The van der Waals surface area contributed by atoms with Crippen LogP contribution < -0.4 is 0 Å². The highest BCUT2D eigenvalue weighted by molar-refractivity contribution is 6.12. The van der Waals surface area contributed by atoms with Crippen LogP contribution in [0.25, 0.3) is 106 Å². The lowest BCUT2D eigenvalue weighted by molar-refractivity contribution is 0.658. The minimum atomic E-state index is 0.612. The summed E-state index contributed by atoms with van der Waals surface area (Å²) >= 11 is 0. The Morgan fingerprint density at radius 2 is 0.943 bits per heavy atom. The zero-order valence-corrected chi connectivity index (χ0v) is 28.3. The number of hydrogen-bond donors (Lipinski definition) is 0. The van der Waals surface area contributed by atoms with Gasteiger partial charge in [-0.2, -0.15) is 0 Å². The highest BCUT2D eigenvalue weighted by atomic mass is 16.3. The molecule has 6 nitrogen and oxygen atoms in total. The lowest BCUT2D eigenvalue weighted by Gasteiger charge is -2.09. The van der Waals surface area contributed by atoms with Gasteiger partial charge >= 0.3 is 0 Å². The molecule has 248 valence electrons. The SMILES string of the molecule is c1ccc(-c2nc(-c3ccccc3)nc(-c3ccc(-c4c5cc(-c6cccc7c6oc6ccccc67)ccc5n5c4oc4ccccc45)cc3)n2)cc1. The van der Waals surface area contributed by atoms with Gasteiger partial charge in [-0.3, -0.25) is 4.40 Å². The average molecular weight is 681 g/mol. The first kappa shape index (κ1) is 29.4. The summed E-state index contributed by atoms with van der Waals surface area (Å²) in [7, 11) is 0. The van der Waals surface area contributed by atoms with Crippen molar-refractivity contribution in [2.24, 2.45) is 0 Å². The van der Waals surface area contributed by atoms with Crippen molar-refractivity contribution in [2.45, 2.75) is 0 Å². The maximum atomic E-state index is 6.63. The molecule has 0 unspecified atom stereocenters.